The summed E-state index contributed by atoms with van der Waals surface area (Å²) in [6.45, 7) is 7.30. The highest BCUT2D eigenvalue weighted by molar-refractivity contribution is 5.81. The summed E-state index contributed by atoms with van der Waals surface area (Å²) in [6, 6.07) is 6.44. The molecule has 0 radical (unpaired) electrons. The first kappa shape index (κ1) is 9.97. The van der Waals surface area contributed by atoms with Gasteiger partial charge in [-0.25, -0.2) is 0 Å². The van der Waals surface area contributed by atoms with E-state index in [9.17, 15) is 0 Å². The summed E-state index contributed by atoms with van der Waals surface area (Å²) in [6.07, 6.45) is 3.08. The van der Waals surface area contributed by atoms with Gasteiger partial charge in [0, 0.05) is 12.8 Å². The standard InChI is InChI=1S/C12H17N/c1-4-7-13-9-12-6-5-10(2)8-11(12)3/h5-6,8-9H,4,7H2,1-3H3. The molecule has 1 nitrogen and oxygen atoms in total. The molecule has 0 aliphatic rings. The first-order valence-corrected chi connectivity index (χ1v) is 4.81. The molecule has 0 atom stereocenters. The van der Waals surface area contributed by atoms with Gasteiger partial charge in [-0.15, -0.1) is 0 Å². The zero-order valence-corrected chi connectivity index (χ0v) is 8.67. The monoisotopic (exact) mass is 175 g/mol. The van der Waals surface area contributed by atoms with Crippen LogP contribution < -0.4 is 0 Å². The van der Waals surface area contributed by atoms with Gasteiger partial charge in [-0.05, 0) is 31.4 Å². The Morgan fingerprint density at radius 1 is 1.31 bits per heavy atom. The molecule has 1 heteroatoms. The molecule has 1 aromatic carbocycles. The lowest BCUT2D eigenvalue weighted by molar-refractivity contribution is 0.937. The van der Waals surface area contributed by atoms with E-state index >= 15 is 0 Å². The van der Waals surface area contributed by atoms with Gasteiger partial charge in [-0.2, -0.15) is 0 Å². The average Bonchev–Trinajstić information content (AvgIpc) is 2.09. The molecule has 0 fully saturated rings. The minimum atomic E-state index is 0.924. The Morgan fingerprint density at radius 3 is 2.69 bits per heavy atom. The van der Waals surface area contributed by atoms with Crippen molar-refractivity contribution in [3.8, 4) is 0 Å². The molecule has 0 unspecified atom stereocenters. The normalized spacial score (nSPS) is 11.0. The summed E-state index contributed by atoms with van der Waals surface area (Å²) in [7, 11) is 0. The molecule has 1 rings (SSSR count). The highest BCUT2D eigenvalue weighted by Gasteiger charge is 1.93. The Hall–Kier alpha value is -1.11. The van der Waals surface area contributed by atoms with Crippen molar-refractivity contribution in [1.29, 1.82) is 0 Å². The Morgan fingerprint density at radius 2 is 2.08 bits per heavy atom. The van der Waals surface area contributed by atoms with Crippen molar-refractivity contribution in [1.82, 2.24) is 0 Å². The molecule has 0 saturated carbocycles. The van der Waals surface area contributed by atoms with Crippen LogP contribution in [0.5, 0.6) is 0 Å². The largest absolute Gasteiger partial charge is 0.293 e. The van der Waals surface area contributed by atoms with E-state index in [1.807, 2.05) is 6.21 Å². The molecular weight excluding hydrogens is 158 g/mol. The van der Waals surface area contributed by atoms with Crippen molar-refractivity contribution in [2.75, 3.05) is 6.54 Å². The molecule has 0 heterocycles. The maximum atomic E-state index is 4.33. The predicted molar refractivity (Wildman–Crippen MR) is 58.7 cm³/mol. The summed E-state index contributed by atoms with van der Waals surface area (Å²) < 4.78 is 0. The minimum Gasteiger partial charge on any atom is -0.293 e. The number of rotatable bonds is 3. The third kappa shape index (κ3) is 3.02. The van der Waals surface area contributed by atoms with Gasteiger partial charge in [0.15, 0.2) is 0 Å². The molecule has 0 spiro atoms. The van der Waals surface area contributed by atoms with E-state index in [2.05, 4.69) is 44.0 Å². The van der Waals surface area contributed by atoms with E-state index in [-0.39, 0.29) is 0 Å². The maximum Gasteiger partial charge on any atom is 0.0386 e. The maximum absolute atomic E-state index is 4.33. The zero-order valence-electron chi connectivity index (χ0n) is 8.67. The van der Waals surface area contributed by atoms with Crippen LogP contribution in [-0.4, -0.2) is 12.8 Å². The van der Waals surface area contributed by atoms with Crippen molar-refractivity contribution in [2.24, 2.45) is 4.99 Å². The molecule has 13 heavy (non-hydrogen) atoms. The van der Waals surface area contributed by atoms with E-state index in [1.54, 1.807) is 0 Å². The quantitative estimate of drug-likeness (QED) is 0.626. The van der Waals surface area contributed by atoms with Crippen LogP contribution in [-0.2, 0) is 0 Å². The van der Waals surface area contributed by atoms with Crippen LogP contribution in [0.1, 0.15) is 30.0 Å². The second-order valence-corrected chi connectivity index (χ2v) is 3.40. The van der Waals surface area contributed by atoms with Gasteiger partial charge in [0.1, 0.15) is 0 Å². The van der Waals surface area contributed by atoms with Crippen molar-refractivity contribution < 1.29 is 0 Å². The van der Waals surface area contributed by atoms with Crippen molar-refractivity contribution in [3.05, 3.63) is 34.9 Å². The molecule has 0 aliphatic carbocycles. The van der Waals surface area contributed by atoms with E-state index in [0.29, 0.717) is 0 Å². The number of hydrogen-bond donors (Lipinski definition) is 0. The second kappa shape index (κ2) is 4.80. The summed E-state index contributed by atoms with van der Waals surface area (Å²) in [5.74, 6) is 0. The van der Waals surface area contributed by atoms with Gasteiger partial charge in [-0.1, -0.05) is 30.7 Å². The zero-order chi connectivity index (χ0) is 9.68. The number of aryl methyl sites for hydroxylation is 2. The Kier molecular flexibility index (Phi) is 3.69. The molecular formula is C12H17N. The predicted octanol–water partition coefficient (Wildman–Crippen LogP) is 3.13. The average molecular weight is 175 g/mol. The van der Waals surface area contributed by atoms with Crippen molar-refractivity contribution in [3.63, 3.8) is 0 Å². The van der Waals surface area contributed by atoms with Crippen LogP contribution in [0.25, 0.3) is 0 Å². The van der Waals surface area contributed by atoms with Crippen molar-refractivity contribution in [2.45, 2.75) is 27.2 Å². The van der Waals surface area contributed by atoms with Gasteiger partial charge >= 0.3 is 0 Å². The Bertz CT molecular complexity index is 300. The van der Waals surface area contributed by atoms with E-state index in [1.165, 1.54) is 16.7 Å². The van der Waals surface area contributed by atoms with Gasteiger partial charge in [-0.3, -0.25) is 4.99 Å². The topological polar surface area (TPSA) is 12.4 Å². The molecule has 0 amide bonds. The fourth-order valence-electron chi connectivity index (χ4n) is 1.26. The fourth-order valence-corrected chi connectivity index (χ4v) is 1.26. The summed E-state index contributed by atoms with van der Waals surface area (Å²) in [5.41, 5.74) is 3.85. The van der Waals surface area contributed by atoms with E-state index in [4.69, 9.17) is 0 Å². The lowest BCUT2D eigenvalue weighted by Crippen LogP contribution is -1.88. The highest BCUT2D eigenvalue weighted by Crippen LogP contribution is 2.07. The molecule has 1 aromatic rings. The van der Waals surface area contributed by atoms with E-state index < -0.39 is 0 Å². The van der Waals surface area contributed by atoms with Crippen LogP contribution in [0.3, 0.4) is 0 Å². The smallest absolute Gasteiger partial charge is 0.0386 e. The van der Waals surface area contributed by atoms with Crippen LogP contribution in [0.2, 0.25) is 0 Å². The number of hydrogen-bond acceptors (Lipinski definition) is 1. The summed E-state index contributed by atoms with van der Waals surface area (Å²) >= 11 is 0. The first-order chi connectivity index (χ1) is 6.24. The van der Waals surface area contributed by atoms with Gasteiger partial charge < -0.3 is 0 Å². The van der Waals surface area contributed by atoms with Crippen LogP contribution in [0.4, 0.5) is 0 Å². The molecule has 0 N–H and O–H groups in total. The summed E-state index contributed by atoms with van der Waals surface area (Å²) in [5, 5.41) is 0. The fraction of sp³-hybridized carbons (Fsp3) is 0.417. The molecule has 0 aromatic heterocycles. The number of benzene rings is 1. The third-order valence-electron chi connectivity index (χ3n) is 2.01. The van der Waals surface area contributed by atoms with Crippen LogP contribution in [0.15, 0.2) is 23.2 Å². The van der Waals surface area contributed by atoms with Crippen molar-refractivity contribution >= 4 is 6.21 Å². The lowest BCUT2D eigenvalue weighted by atomic mass is 10.1. The summed E-state index contributed by atoms with van der Waals surface area (Å²) in [4.78, 5) is 4.33. The molecule has 0 bridgehead atoms. The Balaban J connectivity index is 2.77. The molecule has 0 aliphatic heterocycles. The van der Waals surface area contributed by atoms with E-state index in [0.717, 1.165) is 13.0 Å². The Labute approximate surface area is 80.5 Å². The number of nitrogens with zero attached hydrogens (tertiary/aromatic N) is 1. The van der Waals surface area contributed by atoms with Gasteiger partial charge in [0.05, 0.1) is 0 Å². The van der Waals surface area contributed by atoms with Gasteiger partial charge in [0.25, 0.3) is 0 Å². The van der Waals surface area contributed by atoms with Crippen LogP contribution in [0, 0.1) is 13.8 Å². The number of aliphatic imine (C=N–C) groups is 1. The SMILES string of the molecule is CCCN=Cc1ccc(C)cc1C. The molecule has 0 saturated heterocycles. The highest BCUT2D eigenvalue weighted by atomic mass is 14.7. The minimum absolute atomic E-state index is 0.924. The lowest BCUT2D eigenvalue weighted by Gasteiger charge is -2.00. The van der Waals surface area contributed by atoms with Gasteiger partial charge in [0.2, 0.25) is 0 Å². The first-order valence-electron chi connectivity index (χ1n) is 4.81. The third-order valence-corrected chi connectivity index (χ3v) is 2.01. The second-order valence-electron chi connectivity index (χ2n) is 3.40. The van der Waals surface area contributed by atoms with Crippen LogP contribution >= 0.6 is 0 Å². The molecule has 70 valence electrons.